The molecule has 2 aliphatic rings. The van der Waals surface area contributed by atoms with E-state index in [2.05, 4.69) is 5.32 Å². The number of nitrogens with one attached hydrogen (secondary N) is 1. The van der Waals surface area contributed by atoms with Gasteiger partial charge in [0.25, 0.3) is 5.91 Å². The van der Waals surface area contributed by atoms with Crippen molar-refractivity contribution in [2.75, 3.05) is 19.7 Å². The molecule has 2 saturated heterocycles. The molecule has 2 rings (SSSR count). The van der Waals surface area contributed by atoms with Crippen molar-refractivity contribution in [3.63, 3.8) is 0 Å². The van der Waals surface area contributed by atoms with Gasteiger partial charge >= 0.3 is 0 Å². The van der Waals surface area contributed by atoms with Gasteiger partial charge in [-0.15, -0.1) is 0 Å². The Kier molecular flexibility index (Phi) is 2.88. The fourth-order valence-electron chi connectivity index (χ4n) is 2.23. The highest BCUT2D eigenvalue weighted by Crippen LogP contribution is 2.22. The minimum Gasteiger partial charge on any atom is -0.368 e. The Labute approximate surface area is 95.1 Å². The average molecular weight is 226 g/mol. The molecule has 0 aromatic heterocycles. The first-order valence-corrected chi connectivity index (χ1v) is 5.75. The topological polar surface area (TPSA) is 58.6 Å². The molecule has 0 bridgehead atoms. The zero-order valence-corrected chi connectivity index (χ0v) is 9.78. The summed E-state index contributed by atoms with van der Waals surface area (Å²) in [5.41, 5.74) is -0.763. The number of amides is 2. The lowest BCUT2D eigenvalue weighted by atomic mass is 9.97. The molecule has 1 atom stereocenters. The zero-order chi connectivity index (χ0) is 11.8. The van der Waals surface area contributed by atoms with E-state index in [4.69, 9.17) is 4.74 Å². The summed E-state index contributed by atoms with van der Waals surface area (Å²) >= 11 is 0. The van der Waals surface area contributed by atoms with Gasteiger partial charge in [0.05, 0.1) is 0 Å². The van der Waals surface area contributed by atoms with Gasteiger partial charge in [-0.1, -0.05) is 0 Å². The molecule has 0 aromatic rings. The van der Waals surface area contributed by atoms with Crippen LogP contribution in [-0.4, -0.2) is 48.1 Å². The van der Waals surface area contributed by atoms with Crippen LogP contribution in [0.25, 0.3) is 0 Å². The molecular formula is C11H18N2O3. The number of ether oxygens (including phenoxy) is 1. The van der Waals surface area contributed by atoms with E-state index in [1.807, 2.05) is 0 Å². The minimum absolute atomic E-state index is 0.0441. The van der Waals surface area contributed by atoms with Crippen LogP contribution in [0.15, 0.2) is 0 Å². The summed E-state index contributed by atoms with van der Waals surface area (Å²) < 4.78 is 5.37. The van der Waals surface area contributed by atoms with E-state index in [0.717, 1.165) is 12.8 Å². The summed E-state index contributed by atoms with van der Waals surface area (Å²) in [6, 6.07) is 0. The molecule has 0 saturated carbocycles. The minimum atomic E-state index is -0.763. The van der Waals surface area contributed by atoms with Gasteiger partial charge < -0.3 is 15.0 Å². The van der Waals surface area contributed by atoms with Gasteiger partial charge in [0.2, 0.25) is 5.91 Å². The SMILES string of the molecule is CC1(C)C(=O)NCCN1C(=O)C1CCCO1. The molecule has 2 heterocycles. The quantitative estimate of drug-likeness (QED) is 0.679. The lowest BCUT2D eigenvalue weighted by molar-refractivity contribution is -0.155. The molecule has 0 radical (unpaired) electrons. The number of hydrogen-bond acceptors (Lipinski definition) is 3. The maximum Gasteiger partial charge on any atom is 0.252 e. The van der Waals surface area contributed by atoms with Crippen LogP contribution >= 0.6 is 0 Å². The van der Waals surface area contributed by atoms with Crippen molar-refractivity contribution in [1.29, 1.82) is 0 Å². The molecule has 0 spiro atoms. The van der Waals surface area contributed by atoms with Gasteiger partial charge in [0.1, 0.15) is 11.6 Å². The normalized spacial score (nSPS) is 29.0. The second-order valence-electron chi connectivity index (χ2n) is 4.81. The Hall–Kier alpha value is -1.10. The van der Waals surface area contributed by atoms with Crippen molar-refractivity contribution in [3.05, 3.63) is 0 Å². The first-order valence-electron chi connectivity index (χ1n) is 5.75. The van der Waals surface area contributed by atoms with Crippen LogP contribution in [0, 0.1) is 0 Å². The van der Waals surface area contributed by atoms with E-state index in [1.54, 1.807) is 18.7 Å². The summed E-state index contributed by atoms with van der Waals surface area (Å²) in [5.74, 6) is -0.137. The van der Waals surface area contributed by atoms with E-state index in [1.165, 1.54) is 0 Å². The van der Waals surface area contributed by atoms with Crippen LogP contribution in [0.1, 0.15) is 26.7 Å². The van der Waals surface area contributed by atoms with Gasteiger partial charge in [-0.25, -0.2) is 0 Å². The molecule has 2 aliphatic heterocycles. The zero-order valence-electron chi connectivity index (χ0n) is 9.78. The Balaban J connectivity index is 2.12. The van der Waals surface area contributed by atoms with E-state index in [0.29, 0.717) is 19.7 Å². The summed E-state index contributed by atoms with van der Waals surface area (Å²) in [7, 11) is 0. The Morgan fingerprint density at radius 3 is 2.94 bits per heavy atom. The van der Waals surface area contributed by atoms with Crippen LogP contribution in [0.4, 0.5) is 0 Å². The maximum absolute atomic E-state index is 12.2. The highest BCUT2D eigenvalue weighted by atomic mass is 16.5. The number of nitrogens with zero attached hydrogens (tertiary/aromatic N) is 1. The number of piperazine rings is 1. The summed E-state index contributed by atoms with van der Waals surface area (Å²) in [5, 5.41) is 2.77. The fourth-order valence-corrected chi connectivity index (χ4v) is 2.23. The summed E-state index contributed by atoms with van der Waals surface area (Å²) in [4.78, 5) is 25.5. The van der Waals surface area contributed by atoms with Gasteiger partial charge in [-0.2, -0.15) is 0 Å². The van der Waals surface area contributed by atoms with Gasteiger partial charge in [0, 0.05) is 19.7 Å². The summed E-state index contributed by atoms with van der Waals surface area (Å²) in [6.07, 6.45) is 1.36. The first kappa shape index (κ1) is 11.4. The Bertz CT molecular complexity index is 308. The monoisotopic (exact) mass is 226 g/mol. The Morgan fingerprint density at radius 2 is 2.31 bits per heavy atom. The van der Waals surface area contributed by atoms with Crippen LogP contribution in [0.3, 0.4) is 0 Å². The molecule has 0 aliphatic carbocycles. The molecule has 5 heteroatoms. The molecule has 5 nitrogen and oxygen atoms in total. The van der Waals surface area contributed by atoms with Gasteiger partial charge in [-0.05, 0) is 26.7 Å². The molecule has 90 valence electrons. The van der Waals surface area contributed by atoms with Crippen molar-refractivity contribution in [2.24, 2.45) is 0 Å². The third-order valence-corrected chi connectivity index (χ3v) is 3.32. The fraction of sp³-hybridized carbons (Fsp3) is 0.818. The van der Waals surface area contributed by atoms with Crippen molar-refractivity contribution in [3.8, 4) is 0 Å². The largest absolute Gasteiger partial charge is 0.368 e. The molecule has 0 aromatic carbocycles. The molecule has 1 N–H and O–H groups in total. The van der Waals surface area contributed by atoms with Crippen molar-refractivity contribution in [2.45, 2.75) is 38.3 Å². The van der Waals surface area contributed by atoms with Crippen molar-refractivity contribution >= 4 is 11.8 Å². The number of carbonyl (C=O) groups is 2. The van der Waals surface area contributed by atoms with E-state index in [9.17, 15) is 9.59 Å². The second kappa shape index (κ2) is 4.05. The lowest BCUT2D eigenvalue weighted by Crippen LogP contribution is -2.64. The van der Waals surface area contributed by atoms with E-state index < -0.39 is 5.54 Å². The van der Waals surface area contributed by atoms with Gasteiger partial charge in [-0.3, -0.25) is 9.59 Å². The molecule has 2 amide bonds. The first-order chi connectivity index (χ1) is 7.53. The van der Waals surface area contributed by atoms with Crippen LogP contribution in [0.2, 0.25) is 0 Å². The number of rotatable bonds is 1. The highest BCUT2D eigenvalue weighted by molar-refractivity contribution is 5.93. The van der Waals surface area contributed by atoms with Crippen molar-refractivity contribution < 1.29 is 14.3 Å². The van der Waals surface area contributed by atoms with Gasteiger partial charge in [0.15, 0.2) is 0 Å². The smallest absolute Gasteiger partial charge is 0.252 e. The third kappa shape index (κ3) is 1.80. The third-order valence-electron chi connectivity index (χ3n) is 3.32. The standard InChI is InChI=1S/C11H18N2O3/c1-11(2)10(15)12-5-6-13(11)9(14)8-4-3-7-16-8/h8H,3-7H2,1-2H3,(H,12,15). The number of carbonyl (C=O) groups excluding carboxylic acids is 2. The molecular weight excluding hydrogens is 208 g/mol. The van der Waals surface area contributed by atoms with Crippen LogP contribution in [-0.2, 0) is 14.3 Å². The highest BCUT2D eigenvalue weighted by Gasteiger charge is 2.43. The maximum atomic E-state index is 12.2. The predicted octanol–water partition coefficient (Wildman–Crippen LogP) is -0.0976. The second-order valence-corrected chi connectivity index (χ2v) is 4.81. The molecule has 1 unspecified atom stereocenters. The Morgan fingerprint density at radius 1 is 1.56 bits per heavy atom. The van der Waals surface area contributed by atoms with Crippen molar-refractivity contribution in [1.82, 2.24) is 10.2 Å². The molecule has 2 fully saturated rings. The lowest BCUT2D eigenvalue weighted by Gasteiger charge is -2.42. The number of hydrogen-bond donors (Lipinski definition) is 1. The van der Waals surface area contributed by atoms with E-state index >= 15 is 0 Å². The van der Waals surface area contributed by atoms with E-state index in [-0.39, 0.29) is 17.9 Å². The summed E-state index contributed by atoms with van der Waals surface area (Å²) in [6.45, 7) is 5.29. The van der Waals surface area contributed by atoms with Crippen LogP contribution < -0.4 is 5.32 Å². The van der Waals surface area contributed by atoms with Crippen LogP contribution in [0.5, 0.6) is 0 Å². The predicted molar refractivity (Wildman–Crippen MR) is 57.8 cm³/mol. The molecule has 16 heavy (non-hydrogen) atoms. The average Bonchev–Trinajstić information content (AvgIpc) is 2.74.